The topological polar surface area (TPSA) is 12.0 Å². The molecule has 1 aromatic rings. The van der Waals surface area contributed by atoms with Gasteiger partial charge in [-0.25, -0.2) is 0 Å². The number of alkyl halides is 5. The highest BCUT2D eigenvalue weighted by Gasteiger charge is 2.49. The Morgan fingerprint density at radius 3 is 1.94 bits per heavy atom. The van der Waals surface area contributed by atoms with Gasteiger partial charge in [-0.15, -0.1) is 0 Å². The van der Waals surface area contributed by atoms with Crippen molar-refractivity contribution in [1.82, 2.24) is 5.32 Å². The fourth-order valence-electron chi connectivity index (χ4n) is 1.81. The minimum absolute atomic E-state index is 0.180. The number of hydrogen-bond donors (Lipinski definition) is 1. The predicted octanol–water partition coefficient (Wildman–Crippen LogP) is 3.16. The van der Waals surface area contributed by atoms with Crippen molar-refractivity contribution < 1.29 is 22.0 Å². The molecule has 1 aliphatic heterocycles. The number of benzene rings is 1. The minimum Gasteiger partial charge on any atom is -0.308 e. The zero-order valence-electron chi connectivity index (χ0n) is 8.69. The van der Waals surface area contributed by atoms with E-state index in [1.165, 1.54) is 6.07 Å². The lowest BCUT2D eigenvalue weighted by Gasteiger charge is -2.36. The maximum absolute atomic E-state index is 13.8. The summed E-state index contributed by atoms with van der Waals surface area (Å²) in [4.78, 5) is 0. The molecule has 1 aliphatic rings. The Labute approximate surface area is 94.6 Å². The standard InChI is InChI=1S/C11H10F5N/c12-10(13,9-5-6-17-9)7-3-1-2-4-8(7)11(14,15)16/h1-4,9,17H,5-6H2. The molecule has 17 heavy (non-hydrogen) atoms. The van der Waals surface area contributed by atoms with E-state index in [2.05, 4.69) is 5.32 Å². The largest absolute Gasteiger partial charge is 0.416 e. The SMILES string of the molecule is FC(F)(F)c1ccccc1C(F)(F)C1CCN1. The van der Waals surface area contributed by atoms with Gasteiger partial charge >= 0.3 is 6.18 Å². The van der Waals surface area contributed by atoms with E-state index in [4.69, 9.17) is 0 Å². The fraction of sp³-hybridized carbons (Fsp3) is 0.455. The third-order valence-corrected chi connectivity index (χ3v) is 2.85. The Morgan fingerprint density at radius 2 is 1.53 bits per heavy atom. The molecule has 0 amide bonds. The number of rotatable bonds is 2. The second-order valence-electron chi connectivity index (χ2n) is 3.96. The average molecular weight is 251 g/mol. The monoisotopic (exact) mass is 251 g/mol. The van der Waals surface area contributed by atoms with Crippen molar-refractivity contribution >= 4 is 0 Å². The highest BCUT2D eigenvalue weighted by atomic mass is 19.4. The molecule has 1 heterocycles. The predicted molar refractivity (Wildman–Crippen MR) is 51.7 cm³/mol. The van der Waals surface area contributed by atoms with E-state index in [-0.39, 0.29) is 6.42 Å². The second-order valence-corrected chi connectivity index (χ2v) is 3.96. The van der Waals surface area contributed by atoms with E-state index in [0.29, 0.717) is 12.6 Å². The van der Waals surface area contributed by atoms with E-state index < -0.39 is 29.3 Å². The first-order valence-electron chi connectivity index (χ1n) is 5.11. The minimum atomic E-state index is -4.76. The summed E-state index contributed by atoms with van der Waals surface area (Å²) < 4.78 is 65.5. The molecule has 1 N–H and O–H groups in total. The van der Waals surface area contributed by atoms with Gasteiger partial charge in [0.2, 0.25) is 0 Å². The third-order valence-electron chi connectivity index (χ3n) is 2.85. The van der Waals surface area contributed by atoms with Gasteiger partial charge in [-0.05, 0) is 19.0 Å². The van der Waals surface area contributed by atoms with Crippen LogP contribution in [0.1, 0.15) is 17.5 Å². The van der Waals surface area contributed by atoms with Crippen LogP contribution in [0.3, 0.4) is 0 Å². The second kappa shape index (κ2) is 3.94. The van der Waals surface area contributed by atoms with Gasteiger partial charge in [0.1, 0.15) is 0 Å². The van der Waals surface area contributed by atoms with Crippen LogP contribution in [0.5, 0.6) is 0 Å². The van der Waals surface area contributed by atoms with Gasteiger partial charge in [0.05, 0.1) is 11.6 Å². The molecule has 0 bridgehead atoms. The normalized spacial score (nSPS) is 21.1. The van der Waals surface area contributed by atoms with Crippen LogP contribution in [0.15, 0.2) is 24.3 Å². The number of hydrogen-bond acceptors (Lipinski definition) is 1. The highest BCUT2D eigenvalue weighted by molar-refractivity contribution is 5.34. The van der Waals surface area contributed by atoms with Crippen molar-refractivity contribution in [3.63, 3.8) is 0 Å². The summed E-state index contributed by atoms with van der Waals surface area (Å²) in [6.07, 6.45) is -4.58. The smallest absolute Gasteiger partial charge is 0.308 e. The first-order valence-corrected chi connectivity index (χ1v) is 5.11. The van der Waals surface area contributed by atoms with Crippen molar-refractivity contribution in [2.45, 2.75) is 24.6 Å². The zero-order chi connectivity index (χ0) is 12.7. The van der Waals surface area contributed by atoms with Gasteiger partial charge in [-0.3, -0.25) is 0 Å². The summed E-state index contributed by atoms with van der Waals surface area (Å²) in [6.45, 7) is 0.411. The summed E-state index contributed by atoms with van der Waals surface area (Å²) in [7, 11) is 0. The maximum atomic E-state index is 13.8. The van der Waals surface area contributed by atoms with Crippen molar-refractivity contribution in [2.75, 3.05) is 6.54 Å². The van der Waals surface area contributed by atoms with Gasteiger partial charge in [-0.2, -0.15) is 22.0 Å². The van der Waals surface area contributed by atoms with Crippen LogP contribution >= 0.6 is 0 Å². The average Bonchev–Trinajstić information content (AvgIpc) is 2.13. The number of nitrogens with one attached hydrogen (secondary N) is 1. The van der Waals surface area contributed by atoms with Crippen molar-refractivity contribution in [2.24, 2.45) is 0 Å². The molecule has 94 valence electrons. The summed E-state index contributed by atoms with van der Waals surface area (Å²) >= 11 is 0. The van der Waals surface area contributed by atoms with Crippen molar-refractivity contribution in [3.05, 3.63) is 35.4 Å². The van der Waals surface area contributed by atoms with Crippen LogP contribution in [0.4, 0.5) is 22.0 Å². The molecule has 1 unspecified atom stereocenters. The van der Waals surface area contributed by atoms with Gasteiger partial charge < -0.3 is 5.32 Å². The molecule has 0 radical (unpaired) electrons. The van der Waals surface area contributed by atoms with Crippen LogP contribution in [-0.2, 0) is 12.1 Å². The first-order chi connectivity index (χ1) is 7.83. The molecule has 0 aromatic heterocycles. The molecule has 0 saturated carbocycles. The lowest BCUT2D eigenvalue weighted by Crippen LogP contribution is -2.53. The van der Waals surface area contributed by atoms with E-state index in [1.807, 2.05) is 0 Å². The molecule has 0 spiro atoms. The van der Waals surface area contributed by atoms with Crippen molar-refractivity contribution in [3.8, 4) is 0 Å². The van der Waals surface area contributed by atoms with E-state index in [1.54, 1.807) is 0 Å². The molecular formula is C11H10F5N. The van der Waals surface area contributed by atoms with E-state index >= 15 is 0 Å². The molecule has 1 nitrogen and oxygen atoms in total. The Bertz CT molecular complexity index is 409. The molecule has 1 atom stereocenters. The Kier molecular flexibility index (Phi) is 2.85. The lowest BCUT2D eigenvalue weighted by atomic mass is 9.90. The summed E-state index contributed by atoms with van der Waals surface area (Å²) in [5.74, 6) is -3.50. The molecule has 2 rings (SSSR count). The van der Waals surface area contributed by atoms with E-state index in [9.17, 15) is 22.0 Å². The molecule has 1 fully saturated rings. The van der Waals surface area contributed by atoms with Crippen LogP contribution < -0.4 is 5.32 Å². The Hall–Kier alpha value is -1.17. The quantitative estimate of drug-likeness (QED) is 0.796. The number of halogens is 5. The van der Waals surface area contributed by atoms with Crippen LogP contribution in [0, 0.1) is 0 Å². The molecule has 1 aromatic carbocycles. The molecule has 1 saturated heterocycles. The summed E-state index contributed by atoms with van der Waals surface area (Å²) in [5.41, 5.74) is -2.22. The summed E-state index contributed by atoms with van der Waals surface area (Å²) in [6, 6.07) is 2.62. The van der Waals surface area contributed by atoms with Gasteiger partial charge in [0, 0.05) is 5.56 Å². The van der Waals surface area contributed by atoms with Gasteiger partial charge in [0.25, 0.3) is 5.92 Å². The van der Waals surface area contributed by atoms with Crippen LogP contribution in [0.2, 0.25) is 0 Å². The Morgan fingerprint density at radius 1 is 1.00 bits per heavy atom. The van der Waals surface area contributed by atoms with Crippen LogP contribution in [-0.4, -0.2) is 12.6 Å². The maximum Gasteiger partial charge on any atom is 0.416 e. The van der Waals surface area contributed by atoms with Crippen molar-refractivity contribution in [1.29, 1.82) is 0 Å². The first kappa shape index (κ1) is 12.3. The highest BCUT2D eigenvalue weighted by Crippen LogP contribution is 2.42. The zero-order valence-corrected chi connectivity index (χ0v) is 8.69. The molecule has 6 heteroatoms. The Balaban J connectivity index is 2.44. The fourth-order valence-corrected chi connectivity index (χ4v) is 1.81. The summed E-state index contributed by atoms with van der Waals surface area (Å²) in [5, 5.41) is 2.45. The van der Waals surface area contributed by atoms with Gasteiger partial charge in [0.15, 0.2) is 0 Å². The lowest BCUT2D eigenvalue weighted by molar-refractivity contribution is -0.144. The molecule has 0 aliphatic carbocycles. The van der Waals surface area contributed by atoms with Crippen LogP contribution in [0.25, 0.3) is 0 Å². The third kappa shape index (κ3) is 2.13. The van der Waals surface area contributed by atoms with E-state index in [0.717, 1.165) is 12.1 Å². The van der Waals surface area contributed by atoms with Gasteiger partial charge in [-0.1, -0.05) is 18.2 Å². The molecular weight excluding hydrogens is 241 g/mol.